The third kappa shape index (κ3) is 3.17. The Morgan fingerprint density at radius 1 is 1.33 bits per heavy atom. The molecule has 2 N–H and O–H groups in total. The van der Waals surface area contributed by atoms with E-state index in [1.807, 2.05) is 43.5 Å². The molecule has 2 rings (SSSR count). The fourth-order valence-electron chi connectivity index (χ4n) is 1.66. The molecule has 0 bridgehead atoms. The summed E-state index contributed by atoms with van der Waals surface area (Å²) in [6.45, 7) is 1.93. The van der Waals surface area contributed by atoms with Crippen LogP contribution in [0.25, 0.3) is 0 Å². The molecule has 94 valence electrons. The van der Waals surface area contributed by atoms with Crippen molar-refractivity contribution in [1.82, 2.24) is 4.98 Å². The zero-order valence-corrected chi connectivity index (χ0v) is 11.1. The van der Waals surface area contributed by atoms with E-state index in [-0.39, 0.29) is 0 Å². The molecule has 0 saturated carbocycles. The van der Waals surface area contributed by atoms with Gasteiger partial charge >= 0.3 is 0 Å². The van der Waals surface area contributed by atoms with Crippen molar-refractivity contribution in [2.45, 2.75) is 18.2 Å². The van der Waals surface area contributed by atoms with Gasteiger partial charge in [0.05, 0.1) is 10.8 Å². The number of nitrogen functional groups attached to an aromatic ring is 1. The maximum Gasteiger partial charge on any atom is 0.0532 e. The molecular weight excluding hydrogens is 244 g/mol. The molecule has 0 radical (unpaired) electrons. The lowest BCUT2D eigenvalue weighted by molar-refractivity contribution is 0.682. The predicted molar refractivity (Wildman–Crippen MR) is 74.8 cm³/mol. The molecule has 0 amide bonds. The van der Waals surface area contributed by atoms with Crippen LogP contribution >= 0.6 is 0 Å². The van der Waals surface area contributed by atoms with Gasteiger partial charge in [-0.05, 0) is 48.7 Å². The quantitative estimate of drug-likeness (QED) is 0.858. The Bertz CT molecular complexity index is 555. The van der Waals surface area contributed by atoms with E-state index in [2.05, 4.69) is 4.98 Å². The molecule has 0 fully saturated rings. The van der Waals surface area contributed by atoms with Gasteiger partial charge in [0.15, 0.2) is 0 Å². The smallest absolute Gasteiger partial charge is 0.0532 e. The van der Waals surface area contributed by atoms with Crippen LogP contribution < -0.4 is 5.73 Å². The molecular formula is C14H16N2OS. The van der Waals surface area contributed by atoms with Crippen molar-refractivity contribution in [3.05, 3.63) is 53.9 Å². The molecule has 4 heteroatoms. The molecule has 3 nitrogen and oxygen atoms in total. The number of rotatable bonds is 4. The molecule has 2 aromatic rings. The summed E-state index contributed by atoms with van der Waals surface area (Å²) in [7, 11) is -0.986. The number of benzene rings is 1. The first-order chi connectivity index (χ1) is 8.66. The molecule has 0 spiro atoms. The fraction of sp³-hybridized carbons (Fsp3) is 0.214. The first-order valence-electron chi connectivity index (χ1n) is 5.80. The minimum atomic E-state index is -0.986. The summed E-state index contributed by atoms with van der Waals surface area (Å²) < 4.78 is 12.1. The van der Waals surface area contributed by atoms with Gasteiger partial charge in [0.1, 0.15) is 0 Å². The second-order valence-electron chi connectivity index (χ2n) is 4.18. The van der Waals surface area contributed by atoms with E-state index in [1.54, 1.807) is 6.20 Å². The highest BCUT2D eigenvalue weighted by atomic mass is 32.2. The average Bonchev–Trinajstić information content (AvgIpc) is 2.40. The van der Waals surface area contributed by atoms with Crippen molar-refractivity contribution < 1.29 is 4.21 Å². The van der Waals surface area contributed by atoms with Gasteiger partial charge < -0.3 is 5.73 Å². The molecule has 0 aliphatic carbocycles. The molecule has 1 aromatic heterocycles. The Kier molecular flexibility index (Phi) is 4.10. The van der Waals surface area contributed by atoms with E-state index >= 15 is 0 Å². The monoisotopic (exact) mass is 260 g/mol. The van der Waals surface area contributed by atoms with Gasteiger partial charge in [-0.25, -0.2) is 0 Å². The largest absolute Gasteiger partial charge is 0.399 e. The Labute approximate surface area is 110 Å². The van der Waals surface area contributed by atoms with Gasteiger partial charge in [-0.2, -0.15) is 0 Å². The Hall–Kier alpha value is -1.68. The number of hydrogen-bond acceptors (Lipinski definition) is 3. The summed E-state index contributed by atoms with van der Waals surface area (Å²) in [5.41, 5.74) is 8.57. The highest BCUT2D eigenvalue weighted by Gasteiger charge is 2.05. The number of nitrogens with two attached hydrogens (primary N) is 1. The number of aryl methyl sites for hydroxylation is 2. The lowest BCUT2D eigenvalue weighted by Crippen LogP contribution is -2.03. The van der Waals surface area contributed by atoms with Gasteiger partial charge in [-0.3, -0.25) is 9.19 Å². The predicted octanol–water partition coefficient (Wildman–Crippen LogP) is 2.32. The number of aromatic nitrogens is 1. The van der Waals surface area contributed by atoms with Gasteiger partial charge in [-0.1, -0.05) is 6.07 Å². The minimum Gasteiger partial charge on any atom is -0.399 e. The zero-order chi connectivity index (χ0) is 13.0. The summed E-state index contributed by atoms with van der Waals surface area (Å²) in [6, 6.07) is 9.44. The van der Waals surface area contributed by atoms with Crippen molar-refractivity contribution in [1.29, 1.82) is 0 Å². The second kappa shape index (κ2) is 5.78. The van der Waals surface area contributed by atoms with Gasteiger partial charge in [0, 0.05) is 28.7 Å². The molecule has 18 heavy (non-hydrogen) atoms. The number of anilines is 1. The van der Waals surface area contributed by atoms with Gasteiger partial charge in [0.25, 0.3) is 0 Å². The van der Waals surface area contributed by atoms with E-state index in [0.29, 0.717) is 5.75 Å². The number of pyridine rings is 1. The first-order valence-corrected chi connectivity index (χ1v) is 7.12. The van der Waals surface area contributed by atoms with Crippen molar-refractivity contribution in [3.8, 4) is 0 Å². The second-order valence-corrected chi connectivity index (χ2v) is 5.75. The van der Waals surface area contributed by atoms with E-state index in [4.69, 9.17) is 5.73 Å². The third-order valence-electron chi connectivity index (χ3n) is 2.80. The minimum absolute atomic E-state index is 0.606. The maximum absolute atomic E-state index is 12.1. The molecule has 1 aromatic carbocycles. The Morgan fingerprint density at radius 3 is 2.83 bits per heavy atom. The average molecular weight is 260 g/mol. The van der Waals surface area contributed by atoms with Crippen LogP contribution in [0.3, 0.4) is 0 Å². The van der Waals surface area contributed by atoms with E-state index in [1.165, 1.54) is 0 Å². The number of hydrogen-bond donors (Lipinski definition) is 1. The summed E-state index contributed by atoms with van der Waals surface area (Å²) in [5, 5.41) is 0. The molecule has 0 saturated heterocycles. The van der Waals surface area contributed by atoms with Gasteiger partial charge in [-0.15, -0.1) is 0 Å². The summed E-state index contributed by atoms with van der Waals surface area (Å²) in [4.78, 5) is 4.88. The lowest BCUT2D eigenvalue weighted by Gasteiger charge is -2.05. The van der Waals surface area contributed by atoms with Crippen LogP contribution in [-0.2, 0) is 17.2 Å². The van der Waals surface area contributed by atoms with Gasteiger partial charge in [0.2, 0.25) is 0 Å². The molecule has 1 atom stereocenters. The first kappa shape index (κ1) is 12.8. The maximum atomic E-state index is 12.1. The van der Waals surface area contributed by atoms with Crippen molar-refractivity contribution in [3.63, 3.8) is 0 Å². The highest BCUT2D eigenvalue weighted by molar-refractivity contribution is 7.85. The zero-order valence-electron chi connectivity index (χ0n) is 10.3. The third-order valence-corrected chi connectivity index (χ3v) is 4.16. The van der Waals surface area contributed by atoms with E-state index in [9.17, 15) is 4.21 Å². The molecule has 0 aliphatic heterocycles. The summed E-state index contributed by atoms with van der Waals surface area (Å²) in [5.74, 6) is 0.606. The molecule has 1 unspecified atom stereocenters. The summed E-state index contributed by atoms with van der Waals surface area (Å²) >= 11 is 0. The molecule has 0 aliphatic rings. The SMILES string of the molecule is Cc1cc(S(=O)CCc2cccnc2)ccc1N. The highest BCUT2D eigenvalue weighted by Crippen LogP contribution is 2.16. The van der Waals surface area contributed by atoms with E-state index < -0.39 is 10.8 Å². The van der Waals surface area contributed by atoms with Crippen molar-refractivity contribution in [2.24, 2.45) is 0 Å². The van der Waals surface area contributed by atoms with Crippen LogP contribution in [0.2, 0.25) is 0 Å². The lowest BCUT2D eigenvalue weighted by atomic mass is 10.2. The van der Waals surface area contributed by atoms with E-state index in [0.717, 1.165) is 28.1 Å². The normalized spacial score (nSPS) is 12.3. The topological polar surface area (TPSA) is 56.0 Å². The number of nitrogens with zero attached hydrogens (tertiary/aromatic N) is 1. The molecule has 1 heterocycles. The van der Waals surface area contributed by atoms with Crippen LogP contribution in [0.4, 0.5) is 5.69 Å². The standard InChI is InChI=1S/C14H16N2OS/c1-11-9-13(4-5-14(11)15)18(17)8-6-12-3-2-7-16-10-12/h2-5,7,9-10H,6,8,15H2,1H3. The van der Waals surface area contributed by atoms with Crippen molar-refractivity contribution in [2.75, 3.05) is 11.5 Å². The Morgan fingerprint density at radius 2 is 2.17 bits per heavy atom. The van der Waals surface area contributed by atoms with Crippen LogP contribution in [0, 0.1) is 6.92 Å². The summed E-state index contributed by atoms with van der Waals surface area (Å²) in [6.07, 6.45) is 4.32. The Balaban J connectivity index is 2.02. The van der Waals surface area contributed by atoms with Crippen LogP contribution in [0.1, 0.15) is 11.1 Å². The van der Waals surface area contributed by atoms with Crippen LogP contribution in [-0.4, -0.2) is 14.9 Å². The van der Waals surface area contributed by atoms with Crippen LogP contribution in [0.15, 0.2) is 47.6 Å². The van der Waals surface area contributed by atoms with Crippen molar-refractivity contribution >= 4 is 16.5 Å². The fourth-order valence-corrected chi connectivity index (χ4v) is 2.85. The van der Waals surface area contributed by atoms with Crippen LogP contribution in [0.5, 0.6) is 0 Å².